The van der Waals surface area contributed by atoms with E-state index in [0.29, 0.717) is 26.4 Å². The third kappa shape index (κ3) is 7.13. The third-order valence-corrected chi connectivity index (χ3v) is 3.81. The molecular weight excluding hydrogens is 316 g/mol. The van der Waals surface area contributed by atoms with Crippen molar-refractivity contribution in [1.82, 2.24) is 0 Å². The molecule has 0 amide bonds. The highest BCUT2D eigenvalue weighted by Crippen LogP contribution is 2.22. The van der Waals surface area contributed by atoms with Gasteiger partial charge in [-0.1, -0.05) is 0 Å². The van der Waals surface area contributed by atoms with Crippen molar-refractivity contribution in [2.75, 3.05) is 39.6 Å². The molecule has 7 nitrogen and oxygen atoms in total. The number of Topliss-reactive ketones (excluding diaryl/α,β-unsaturated/α-hetero) is 1. The summed E-state index contributed by atoms with van der Waals surface area (Å²) in [5.74, 6) is -1.26. The predicted octanol–water partition coefficient (Wildman–Crippen LogP) is 1.67. The number of rotatable bonds is 8. The molecule has 2 aliphatic heterocycles. The van der Waals surface area contributed by atoms with Gasteiger partial charge in [0, 0.05) is 0 Å². The molecule has 2 atom stereocenters. The van der Waals surface area contributed by atoms with Gasteiger partial charge in [-0.2, -0.15) is 0 Å². The number of hydrogen-bond acceptors (Lipinski definition) is 7. The number of ketones is 1. The Morgan fingerprint density at radius 2 is 1.29 bits per heavy atom. The fourth-order valence-corrected chi connectivity index (χ4v) is 2.75. The van der Waals surface area contributed by atoms with Crippen LogP contribution in [0.5, 0.6) is 0 Å². The first-order valence-electron chi connectivity index (χ1n) is 8.56. The average molecular weight is 346 g/mol. The maximum absolute atomic E-state index is 11.8. The van der Waals surface area contributed by atoms with E-state index in [1.54, 1.807) is 0 Å². The second-order valence-electron chi connectivity index (χ2n) is 7.12. The van der Waals surface area contributed by atoms with Crippen LogP contribution < -0.4 is 0 Å². The van der Waals surface area contributed by atoms with E-state index in [2.05, 4.69) is 0 Å². The van der Waals surface area contributed by atoms with Crippen molar-refractivity contribution in [2.45, 2.75) is 64.3 Å². The Kier molecular flexibility index (Phi) is 7.15. The molecule has 0 spiro atoms. The summed E-state index contributed by atoms with van der Waals surface area (Å²) in [6.07, 6.45) is 1.45. The average Bonchev–Trinajstić information content (AvgIpc) is 2.45. The summed E-state index contributed by atoms with van der Waals surface area (Å²) in [7, 11) is 0. The second kappa shape index (κ2) is 8.69. The fraction of sp³-hybridized carbons (Fsp3) is 0.941. The Labute approximate surface area is 143 Å². The van der Waals surface area contributed by atoms with Crippen LogP contribution >= 0.6 is 0 Å². The van der Waals surface area contributed by atoms with Crippen LogP contribution in [-0.2, 0) is 33.2 Å². The van der Waals surface area contributed by atoms with Crippen molar-refractivity contribution in [2.24, 2.45) is 0 Å². The molecule has 0 radical (unpaired) electrons. The Morgan fingerprint density at radius 1 is 0.875 bits per heavy atom. The molecule has 0 aromatic heterocycles. The molecule has 2 aliphatic rings. The molecule has 2 saturated heterocycles. The molecule has 24 heavy (non-hydrogen) atoms. The van der Waals surface area contributed by atoms with Crippen LogP contribution in [0.4, 0.5) is 0 Å². The topological polar surface area (TPSA) is 72.5 Å². The van der Waals surface area contributed by atoms with E-state index >= 15 is 0 Å². The van der Waals surface area contributed by atoms with Crippen LogP contribution in [0.15, 0.2) is 0 Å². The Hall–Kier alpha value is -0.570. The molecule has 7 heteroatoms. The highest BCUT2D eigenvalue weighted by atomic mass is 16.7. The third-order valence-electron chi connectivity index (χ3n) is 3.81. The first-order valence-corrected chi connectivity index (χ1v) is 8.56. The van der Waals surface area contributed by atoms with Gasteiger partial charge in [-0.25, -0.2) is 0 Å². The monoisotopic (exact) mass is 346 g/mol. The van der Waals surface area contributed by atoms with Crippen LogP contribution in [0.1, 0.15) is 40.5 Å². The number of carbonyl (C=O) groups excluding carboxylic acids is 1. The van der Waals surface area contributed by atoms with Gasteiger partial charge in [-0.3, -0.25) is 4.79 Å². The van der Waals surface area contributed by atoms with Gasteiger partial charge in [0.05, 0.1) is 38.6 Å². The number of hydrogen-bond donors (Lipinski definition) is 0. The van der Waals surface area contributed by atoms with E-state index in [1.807, 2.05) is 27.7 Å². The minimum Gasteiger partial charge on any atom is -0.371 e. The van der Waals surface area contributed by atoms with Crippen LogP contribution in [0.2, 0.25) is 0 Å². The quantitative estimate of drug-likeness (QED) is 0.662. The first-order chi connectivity index (χ1) is 11.3. The second-order valence-corrected chi connectivity index (χ2v) is 7.12. The summed E-state index contributed by atoms with van der Waals surface area (Å²) in [6.45, 7) is 9.60. The van der Waals surface area contributed by atoms with Gasteiger partial charge in [0.2, 0.25) is 0 Å². The zero-order valence-corrected chi connectivity index (χ0v) is 15.2. The maximum atomic E-state index is 11.8. The van der Waals surface area contributed by atoms with Gasteiger partial charge in [0.1, 0.15) is 13.2 Å². The highest BCUT2D eigenvalue weighted by molar-refractivity contribution is 5.80. The van der Waals surface area contributed by atoms with E-state index < -0.39 is 11.6 Å². The maximum Gasteiger partial charge on any atom is 0.183 e. The largest absolute Gasteiger partial charge is 0.371 e. The van der Waals surface area contributed by atoms with Crippen molar-refractivity contribution in [3.63, 3.8) is 0 Å². The van der Waals surface area contributed by atoms with Crippen LogP contribution in [0.25, 0.3) is 0 Å². The van der Waals surface area contributed by atoms with Gasteiger partial charge in [0.25, 0.3) is 0 Å². The summed E-state index contributed by atoms with van der Waals surface area (Å²) < 4.78 is 33.2. The Balaban J connectivity index is 1.54. The van der Waals surface area contributed by atoms with E-state index in [4.69, 9.17) is 28.4 Å². The summed E-state index contributed by atoms with van der Waals surface area (Å²) in [4.78, 5) is 11.8. The molecule has 0 aromatic carbocycles. The molecule has 140 valence electrons. The lowest BCUT2D eigenvalue weighted by Gasteiger charge is -2.35. The number of carbonyl (C=O) groups is 1. The molecule has 2 fully saturated rings. The Bertz CT molecular complexity index is 372. The highest BCUT2D eigenvalue weighted by Gasteiger charge is 2.30. The zero-order chi connectivity index (χ0) is 17.6. The molecule has 0 N–H and O–H groups in total. The van der Waals surface area contributed by atoms with Gasteiger partial charge in [-0.15, -0.1) is 0 Å². The lowest BCUT2D eigenvalue weighted by Crippen LogP contribution is -2.42. The summed E-state index contributed by atoms with van der Waals surface area (Å²) >= 11 is 0. The summed E-state index contributed by atoms with van der Waals surface area (Å²) in [5, 5.41) is 0. The van der Waals surface area contributed by atoms with Crippen LogP contribution in [0, 0.1) is 0 Å². The van der Waals surface area contributed by atoms with Gasteiger partial charge in [0.15, 0.2) is 17.4 Å². The van der Waals surface area contributed by atoms with Gasteiger partial charge in [-0.05, 0) is 40.5 Å². The number of ether oxygens (including phenoxy) is 6. The first kappa shape index (κ1) is 19.8. The molecule has 2 rings (SSSR count). The van der Waals surface area contributed by atoms with Crippen molar-refractivity contribution in [1.29, 1.82) is 0 Å². The smallest absolute Gasteiger partial charge is 0.183 e. The molecular formula is C17H30O7. The van der Waals surface area contributed by atoms with Crippen molar-refractivity contribution in [3.05, 3.63) is 0 Å². The van der Waals surface area contributed by atoms with Crippen LogP contribution in [-0.4, -0.2) is 69.2 Å². The standard InChI is InChI=1S/C17H30O7/c1-16(2)21-7-5-14(23-16)11-19-9-13(18)10-20-12-15-6-8-22-17(3,4)24-15/h14-15H,5-12H2,1-4H3/t14-,15-/m1/s1. The van der Waals surface area contributed by atoms with Gasteiger partial charge >= 0.3 is 0 Å². The normalized spacial score (nSPS) is 29.3. The van der Waals surface area contributed by atoms with Crippen LogP contribution in [0.3, 0.4) is 0 Å². The molecule has 0 bridgehead atoms. The fourth-order valence-electron chi connectivity index (χ4n) is 2.75. The lowest BCUT2D eigenvalue weighted by atomic mass is 10.2. The summed E-state index contributed by atoms with van der Waals surface area (Å²) in [5.41, 5.74) is 0. The Morgan fingerprint density at radius 3 is 1.67 bits per heavy atom. The molecule has 0 aliphatic carbocycles. The zero-order valence-electron chi connectivity index (χ0n) is 15.2. The molecule has 0 aromatic rings. The van der Waals surface area contributed by atoms with E-state index in [1.165, 1.54) is 0 Å². The summed E-state index contributed by atoms with van der Waals surface area (Å²) in [6, 6.07) is 0. The minimum atomic E-state index is -0.586. The minimum absolute atomic E-state index is 0.0290. The van der Waals surface area contributed by atoms with Crippen molar-refractivity contribution < 1.29 is 33.2 Å². The predicted molar refractivity (Wildman–Crippen MR) is 85.7 cm³/mol. The van der Waals surface area contributed by atoms with Crippen molar-refractivity contribution in [3.8, 4) is 0 Å². The van der Waals surface area contributed by atoms with Crippen molar-refractivity contribution >= 4 is 5.78 Å². The van der Waals surface area contributed by atoms with Gasteiger partial charge < -0.3 is 28.4 Å². The molecule has 0 saturated carbocycles. The molecule has 2 heterocycles. The van der Waals surface area contributed by atoms with E-state index in [9.17, 15) is 4.79 Å². The SMILES string of the molecule is CC1(C)OCC[C@H](COCC(=O)COC[C@H]2CCOC(C)(C)O2)O1. The lowest BCUT2D eigenvalue weighted by molar-refractivity contribution is -0.280. The van der Waals surface area contributed by atoms with E-state index in [0.717, 1.165) is 12.8 Å². The molecule has 0 unspecified atom stereocenters. The van der Waals surface area contributed by atoms with E-state index in [-0.39, 0.29) is 31.2 Å².